The lowest BCUT2D eigenvalue weighted by atomic mass is 10.3. The summed E-state index contributed by atoms with van der Waals surface area (Å²) in [6.45, 7) is 2.30. The van der Waals surface area contributed by atoms with Crippen LogP contribution in [-0.4, -0.2) is 19.7 Å². The quantitative estimate of drug-likeness (QED) is 0.655. The van der Waals surface area contributed by atoms with Gasteiger partial charge in [0.1, 0.15) is 6.20 Å². The van der Waals surface area contributed by atoms with Gasteiger partial charge in [0.05, 0.1) is 17.2 Å². The van der Waals surface area contributed by atoms with E-state index in [1.807, 2.05) is 25.1 Å². The van der Waals surface area contributed by atoms with Crippen LogP contribution in [0.25, 0.3) is 0 Å². The van der Waals surface area contributed by atoms with Gasteiger partial charge in [-0.2, -0.15) is 0 Å². The van der Waals surface area contributed by atoms with Crippen LogP contribution in [0.4, 0.5) is 11.5 Å². The molecule has 0 bridgehead atoms. The Morgan fingerprint density at radius 2 is 2.28 bits per heavy atom. The van der Waals surface area contributed by atoms with Gasteiger partial charge in [0.15, 0.2) is 0 Å². The standard InChI is InChI=1S/C11H13N5O2/c1-8-4-3-5-9(13-8)6-12-11-10(16(17)18)7-15(2)14-11/h3-5,7H,6H2,1-2H3,(H,12,14). The summed E-state index contributed by atoms with van der Waals surface area (Å²) in [6, 6.07) is 5.65. The van der Waals surface area contributed by atoms with Crippen LogP contribution in [0.2, 0.25) is 0 Å². The number of rotatable bonds is 4. The van der Waals surface area contributed by atoms with E-state index in [0.29, 0.717) is 6.54 Å². The minimum atomic E-state index is -0.459. The minimum Gasteiger partial charge on any atom is -0.357 e. The van der Waals surface area contributed by atoms with Gasteiger partial charge < -0.3 is 5.32 Å². The van der Waals surface area contributed by atoms with E-state index in [2.05, 4.69) is 15.4 Å². The molecule has 0 aromatic carbocycles. The van der Waals surface area contributed by atoms with Crippen LogP contribution < -0.4 is 5.32 Å². The lowest BCUT2D eigenvalue weighted by Gasteiger charge is -2.03. The second-order valence-corrected chi connectivity index (χ2v) is 3.92. The van der Waals surface area contributed by atoms with Crippen LogP contribution in [0.3, 0.4) is 0 Å². The predicted octanol–water partition coefficient (Wildman–Crippen LogP) is 1.64. The number of nitro groups is 1. The summed E-state index contributed by atoms with van der Waals surface area (Å²) in [5.41, 5.74) is 1.69. The molecule has 2 rings (SSSR count). The third kappa shape index (κ3) is 2.62. The molecule has 0 fully saturated rings. The van der Waals surface area contributed by atoms with E-state index in [4.69, 9.17) is 0 Å². The molecule has 94 valence electrons. The van der Waals surface area contributed by atoms with Crippen LogP contribution in [0, 0.1) is 17.0 Å². The molecule has 0 aliphatic carbocycles. The second-order valence-electron chi connectivity index (χ2n) is 3.92. The predicted molar refractivity (Wildman–Crippen MR) is 66.2 cm³/mol. The fourth-order valence-electron chi connectivity index (χ4n) is 1.61. The van der Waals surface area contributed by atoms with Gasteiger partial charge in [-0.1, -0.05) is 6.07 Å². The van der Waals surface area contributed by atoms with Gasteiger partial charge in [-0.15, -0.1) is 5.10 Å². The number of anilines is 1. The highest BCUT2D eigenvalue weighted by Crippen LogP contribution is 2.21. The van der Waals surface area contributed by atoms with Crippen molar-refractivity contribution in [2.75, 3.05) is 5.32 Å². The summed E-state index contributed by atoms with van der Waals surface area (Å²) in [7, 11) is 1.64. The van der Waals surface area contributed by atoms with Crippen molar-refractivity contribution in [3.05, 3.63) is 45.9 Å². The van der Waals surface area contributed by atoms with Gasteiger partial charge in [-0.3, -0.25) is 19.8 Å². The number of nitrogens with one attached hydrogen (secondary N) is 1. The molecule has 2 aromatic rings. The monoisotopic (exact) mass is 247 g/mol. The van der Waals surface area contributed by atoms with Crippen molar-refractivity contribution in [3.63, 3.8) is 0 Å². The Labute approximate surface area is 104 Å². The molecule has 7 heteroatoms. The van der Waals surface area contributed by atoms with Crippen LogP contribution in [0.15, 0.2) is 24.4 Å². The molecular formula is C11H13N5O2. The van der Waals surface area contributed by atoms with Crippen molar-refractivity contribution >= 4 is 11.5 Å². The zero-order valence-electron chi connectivity index (χ0n) is 10.1. The molecule has 0 saturated heterocycles. The molecule has 1 N–H and O–H groups in total. The van der Waals surface area contributed by atoms with Crippen LogP contribution >= 0.6 is 0 Å². The molecule has 0 amide bonds. The van der Waals surface area contributed by atoms with Crippen molar-refractivity contribution in [2.45, 2.75) is 13.5 Å². The van der Waals surface area contributed by atoms with E-state index in [1.165, 1.54) is 10.9 Å². The van der Waals surface area contributed by atoms with E-state index < -0.39 is 4.92 Å². The largest absolute Gasteiger partial charge is 0.357 e. The summed E-state index contributed by atoms with van der Waals surface area (Å²) < 4.78 is 1.41. The first kappa shape index (κ1) is 12.0. The fraction of sp³-hybridized carbons (Fsp3) is 0.273. The Bertz CT molecular complexity index is 579. The van der Waals surface area contributed by atoms with Gasteiger partial charge in [0.2, 0.25) is 5.82 Å². The summed E-state index contributed by atoms with van der Waals surface area (Å²) in [4.78, 5) is 14.6. The summed E-state index contributed by atoms with van der Waals surface area (Å²) in [5, 5.41) is 17.7. The van der Waals surface area contributed by atoms with Gasteiger partial charge in [-0.25, -0.2) is 0 Å². The van der Waals surface area contributed by atoms with Crippen LogP contribution in [0.1, 0.15) is 11.4 Å². The number of aryl methyl sites for hydroxylation is 2. The molecule has 18 heavy (non-hydrogen) atoms. The van der Waals surface area contributed by atoms with E-state index in [9.17, 15) is 10.1 Å². The Morgan fingerprint density at radius 3 is 2.94 bits per heavy atom. The molecule has 0 saturated carbocycles. The highest BCUT2D eigenvalue weighted by molar-refractivity contribution is 5.54. The first-order valence-corrected chi connectivity index (χ1v) is 5.40. The first-order chi connectivity index (χ1) is 8.56. The third-order valence-corrected chi connectivity index (χ3v) is 2.39. The molecule has 0 spiro atoms. The van der Waals surface area contributed by atoms with E-state index in [0.717, 1.165) is 11.4 Å². The second kappa shape index (κ2) is 4.82. The summed E-state index contributed by atoms with van der Waals surface area (Å²) in [5.74, 6) is 0.255. The maximum Gasteiger partial charge on any atom is 0.330 e. The topological polar surface area (TPSA) is 85.9 Å². The molecule has 0 atom stereocenters. The number of nitrogens with zero attached hydrogens (tertiary/aromatic N) is 4. The van der Waals surface area contributed by atoms with Gasteiger partial charge in [0, 0.05) is 12.7 Å². The van der Waals surface area contributed by atoms with E-state index >= 15 is 0 Å². The Hall–Kier alpha value is -2.44. The van der Waals surface area contributed by atoms with Crippen LogP contribution in [-0.2, 0) is 13.6 Å². The lowest BCUT2D eigenvalue weighted by Crippen LogP contribution is -2.04. The molecule has 0 radical (unpaired) electrons. The van der Waals surface area contributed by atoms with E-state index in [1.54, 1.807) is 7.05 Å². The lowest BCUT2D eigenvalue weighted by molar-refractivity contribution is -0.384. The molecule has 7 nitrogen and oxygen atoms in total. The summed E-state index contributed by atoms with van der Waals surface area (Å²) >= 11 is 0. The Balaban J connectivity index is 2.13. The molecular weight excluding hydrogens is 234 g/mol. The number of pyridine rings is 1. The zero-order chi connectivity index (χ0) is 13.1. The maximum atomic E-state index is 10.8. The van der Waals surface area contributed by atoms with Crippen molar-refractivity contribution < 1.29 is 4.92 Å². The smallest absolute Gasteiger partial charge is 0.330 e. The van der Waals surface area contributed by atoms with Crippen molar-refractivity contribution in [3.8, 4) is 0 Å². The zero-order valence-corrected chi connectivity index (χ0v) is 10.1. The normalized spacial score (nSPS) is 10.3. The molecule has 2 aromatic heterocycles. The average molecular weight is 247 g/mol. The first-order valence-electron chi connectivity index (χ1n) is 5.40. The number of hydrogen-bond donors (Lipinski definition) is 1. The van der Waals surface area contributed by atoms with Crippen molar-refractivity contribution in [2.24, 2.45) is 7.05 Å². The fourth-order valence-corrected chi connectivity index (χ4v) is 1.61. The summed E-state index contributed by atoms with van der Waals surface area (Å²) in [6.07, 6.45) is 1.37. The highest BCUT2D eigenvalue weighted by atomic mass is 16.6. The molecule has 2 heterocycles. The average Bonchev–Trinajstić information content (AvgIpc) is 2.68. The van der Waals surface area contributed by atoms with Crippen molar-refractivity contribution in [1.82, 2.24) is 14.8 Å². The number of aromatic nitrogens is 3. The maximum absolute atomic E-state index is 10.8. The minimum absolute atomic E-state index is 0.0369. The van der Waals surface area contributed by atoms with Crippen LogP contribution in [0.5, 0.6) is 0 Å². The highest BCUT2D eigenvalue weighted by Gasteiger charge is 2.17. The van der Waals surface area contributed by atoms with E-state index in [-0.39, 0.29) is 11.5 Å². The molecule has 0 unspecified atom stereocenters. The third-order valence-electron chi connectivity index (χ3n) is 2.39. The molecule has 0 aliphatic heterocycles. The SMILES string of the molecule is Cc1cccc(CNc2nn(C)cc2[N+](=O)[O-])n1. The van der Waals surface area contributed by atoms with Crippen molar-refractivity contribution in [1.29, 1.82) is 0 Å². The molecule has 0 aliphatic rings. The van der Waals surface area contributed by atoms with Gasteiger partial charge >= 0.3 is 5.69 Å². The Kier molecular flexibility index (Phi) is 3.22. The Morgan fingerprint density at radius 1 is 1.50 bits per heavy atom. The van der Waals surface area contributed by atoms with Gasteiger partial charge in [0.25, 0.3) is 0 Å². The van der Waals surface area contributed by atoms with Gasteiger partial charge in [-0.05, 0) is 19.1 Å². The number of hydrogen-bond acceptors (Lipinski definition) is 5.